The van der Waals surface area contributed by atoms with Gasteiger partial charge in [0.05, 0.1) is 6.20 Å². The van der Waals surface area contributed by atoms with Crippen molar-refractivity contribution in [3.05, 3.63) is 59.0 Å². The second-order valence-corrected chi connectivity index (χ2v) is 6.21. The van der Waals surface area contributed by atoms with Crippen LogP contribution >= 0.6 is 0 Å². The van der Waals surface area contributed by atoms with Crippen molar-refractivity contribution >= 4 is 12.0 Å². The minimum Gasteiger partial charge on any atom is -0.361 e. The molecular formula is C19H23N3O2. The molecule has 1 saturated heterocycles. The molecule has 0 saturated carbocycles. The van der Waals surface area contributed by atoms with Crippen molar-refractivity contribution in [2.24, 2.45) is 0 Å². The minimum absolute atomic E-state index is 0.125. The quantitative estimate of drug-likeness (QED) is 0.811. The van der Waals surface area contributed by atoms with E-state index < -0.39 is 0 Å². The third kappa shape index (κ3) is 3.92. The maximum Gasteiger partial charge on any atom is 0.249 e. The van der Waals surface area contributed by atoms with Crippen LogP contribution in [0.15, 0.2) is 46.6 Å². The number of amides is 1. The van der Waals surface area contributed by atoms with E-state index in [0.29, 0.717) is 0 Å². The number of carbonyl (C=O) groups excluding carboxylic acids is 1. The SMILES string of the molecule is CC(=Cc1ccccc1)C(=O)N1CCN(Cc2cnoc2C)CC1. The Morgan fingerprint density at radius 2 is 1.92 bits per heavy atom. The van der Waals surface area contributed by atoms with Crippen LogP contribution in [0.5, 0.6) is 0 Å². The number of aromatic nitrogens is 1. The van der Waals surface area contributed by atoms with Crippen molar-refractivity contribution in [3.63, 3.8) is 0 Å². The number of hydrogen-bond donors (Lipinski definition) is 0. The van der Waals surface area contributed by atoms with E-state index in [-0.39, 0.29) is 5.91 Å². The lowest BCUT2D eigenvalue weighted by Gasteiger charge is -2.34. The van der Waals surface area contributed by atoms with Crippen LogP contribution in [0.4, 0.5) is 0 Å². The maximum absolute atomic E-state index is 12.6. The Hall–Kier alpha value is -2.40. The van der Waals surface area contributed by atoms with Crippen LogP contribution in [-0.4, -0.2) is 47.0 Å². The Labute approximate surface area is 142 Å². The third-order valence-corrected chi connectivity index (χ3v) is 4.42. The van der Waals surface area contributed by atoms with Crippen LogP contribution in [0.3, 0.4) is 0 Å². The van der Waals surface area contributed by atoms with Crippen molar-refractivity contribution in [1.29, 1.82) is 0 Å². The van der Waals surface area contributed by atoms with Crippen LogP contribution < -0.4 is 0 Å². The molecule has 3 rings (SSSR count). The molecular weight excluding hydrogens is 302 g/mol. The summed E-state index contributed by atoms with van der Waals surface area (Å²) in [6.07, 6.45) is 3.73. The first-order valence-corrected chi connectivity index (χ1v) is 8.28. The average molecular weight is 325 g/mol. The molecule has 0 unspecified atom stereocenters. The largest absolute Gasteiger partial charge is 0.361 e. The Morgan fingerprint density at radius 3 is 2.54 bits per heavy atom. The molecule has 126 valence electrons. The van der Waals surface area contributed by atoms with E-state index in [9.17, 15) is 4.79 Å². The first-order chi connectivity index (χ1) is 11.6. The summed E-state index contributed by atoms with van der Waals surface area (Å²) in [6.45, 7) is 7.90. The van der Waals surface area contributed by atoms with Gasteiger partial charge in [0, 0.05) is 43.9 Å². The fraction of sp³-hybridized carbons (Fsp3) is 0.368. The second-order valence-electron chi connectivity index (χ2n) is 6.21. The number of carbonyl (C=O) groups is 1. The Bertz CT molecular complexity index is 713. The molecule has 0 N–H and O–H groups in total. The zero-order chi connectivity index (χ0) is 16.9. The summed E-state index contributed by atoms with van der Waals surface area (Å²) in [7, 11) is 0. The molecule has 1 amide bonds. The molecule has 1 aliphatic heterocycles. The number of nitrogens with zero attached hydrogens (tertiary/aromatic N) is 3. The summed E-state index contributed by atoms with van der Waals surface area (Å²) < 4.78 is 5.10. The lowest BCUT2D eigenvalue weighted by atomic mass is 10.1. The van der Waals surface area contributed by atoms with E-state index in [1.165, 1.54) is 0 Å². The number of rotatable bonds is 4. The highest BCUT2D eigenvalue weighted by atomic mass is 16.5. The van der Waals surface area contributed by atoms with E-state index in [4.69, 9.17) is 4.52 Å². The van der Waals surface area contributed by atoms with Gasteiger partial charge in [0.1, 0.15) is 5.76 Å². The molecule has 1 aromatic heterocycles. The standard InChI is InChI=1S/C19H23N3O2/c1-15(12-17-6-4-3-5-7-17)19(23)22-10-8-21(9-11-22)14-18-13-20-24-16(18)2/h3-7,12-13H,8-11,14H2,1-2H3. The lowest BCUT2D eigenvalue weighted by Crippen LogP contribution is -2.48. The molecule has 1 aliphatic rings. The zero-order valence-corrected chi connectivity index (χ0v) is 14.2. The molecule has 0 aliphatic carbocycles. The van der Waals surface area contributed by atoms with E-state index in [0.717, 1.165) is 55.2 Å². The number of piperazine rings is 1. The first-order valence-electron chi connectivity index (χ1n) is 8.28. The van der Waals surface area contributed by atoms with Gasteiger partial charge in [-0.2, -0.15) is 0 Å². The fourth-order valence-corrected chi connectivity index (χ4v) is 2.93. The van der Waals surface area contributed by atoms with Gasteiger partial charge < -0.3 is 9.42 Å². The van der Waals surface area contributed by atoms with Crippen molar-refractivity contribution < 1.29 is 9.32 Å². The zero-order valence-electron chi connectivity index (χ0n) is 14.2. The molecule has 0 bridgehead atoms. The molecule has 1 fully saturated rings. The average Bonchev–Trinajstić information content (AvgIpc) is 3.00. The molecule has 24 heavy (non-hydrogen) atoms. The van der Waals surface area contributed by atoms with Crippen molar-refractivity contribution in [2.75, 3.05) is 26.2 Å². The van der Waals surface area contributed by atoms with Crippen LogP contribution in [0.25, 0.3) is 6.08 Å². The van der Waals surface area contributed by atoms with Crippen molar-refractivity contribution in [2.45, 2.75) is 20.4 Å². The Kier molecular flexibility index (Phi) is 5.11. The monoisotopic (exact) mass is 325 g/mol. The molecule has 5 nitrogen and oxygen atoms in total. The molecule has 0 spiro atoms. The highest BCUT2D eigenvalue weighted by molar-refractivity contribution is 5.97. The summed E-state index contributed by atoms with van der Waals surface area (Å²) in [6, 6.07) is 9.96. The Balaban J connectivity index is 1.55. The highest BCUT2D eigenvalue weighted by Crippen LogP contribution is 2.14. The predicted molar refractivity (Wildman–Crippen MR) is 93.2 cm³/mol. The second kappa shape index (κ2) is 7.45. The fourth-order valence-electron chi connectivity index (χ4n) is 2.93. The minimum atomic E-state index is 0.125. The lowest BCUT2D eigenvalue weighted by molar-refractivity contribution is -0.128. The van der Waals surface area contributed by atoms with Crippen LogP contribution in [0.2, 0.25) is 0 Å². The number of aryl methyl sites for hydroxylation is 1. The van der Waals surface area contributed by atoms with Gasteiger partial charge in [0.15, 0.2) is 0 Å². The van der Waals surface area contributed by atoms with Gasteiger partial charge >= 0.3 is 0 Å². The van der Waals surface area contributed by atoms with Gasteiger partial charge in [0.2, 0.25) is 5.91 Å². The molecule has 1 aromatic carbocycles. The van der Waals surface area contributed by atoms with Gasteiger partial charge in [0.25, 0.3) is 0 Å². The smallest absolute Gasteiger partial charge is 0.249 e. The van der Waals surface area contributed by atoms with E-state index in [1.54, 1.807) is 6.20 Å². The summed E-state index contributed by atoms with van der Waals surface area (Å²) in [4.78, 5) is 16.9. The topological polar surface area (TPSA) is 49.6 Å². The van der Waals surface area contributed by atoms with Gasteiger partial charge in [-0.05, 0) is 25.5 Å². The van der Waals surface area contributed by atoms with Gasteiger partial charge in [-0.1, -0.05) is 35.5 Å². The van der Waals surface area contributed by atoms with Gasteiger partial charge in [-0.3, -0.25) is 9.69 Å². The highest BCUT2D eigenvalue weighted by Gasteiger charge is 2.22. The molecule has 2 aromatic rings. The molecule has 0 radical (unpaired) electrons. The summed E-state index contributed by atoms with van der Waals surface area (Å²) in [5, 5.41) is 3.82. The number of hydrogen-bond acceptors (Lipinski definition) is 4. The van der Waals surface area contributed by atoms with Crippen molar-refractivity contribution in [1.82, 2.24) is 15.0 Å². The summed E-state index contributed by atoms with van der Waals surface area (Å²) in [5.41, 5.74) is 2.96. The summed E-state index contributed by atoms with van der Waals surface area (Å²) in [5.74, 6) is 0.995. The Morgan fingerprint density at radius 1 is 1.21 bits per heavy atom. The molecule has 0 atom stereocenters. The van der Waals surface area contributed by atoms with Gasteiger partial charge in [-0.15, -0.1) is 0 Å². The van der Waals surface area contributed by atoms with Crippen LogP contribution in [0.1, 0.15) is 23.8 Å². The van der Waals surface area contributed by atoms with E-state index >= 15 is 0 Å². The van der Waals surface area contributed by atoms with Crippen LogP contribution in [0, 0.1) is 6.92 Å². The van der Waals surface area contributed by atoms with Gasteiger partial charge in [-0.25, -0.2) is 0 Å². The molecule has 2 heterocycles. The third-order valence-electron chi connectivity index (χ3n) is 4.42. The van der Waals surface area contributed by atoms with E-state index in [2.05, 4.69) is 10.1 Å². The summed E-state index contributed by atoms with van der Waals surface area (Å²) >= 11 is 0. The maximum atomic E-state index is 12.6. The van der Waals surface area contributed by atoms with E-state index in [1.807, 2.05) is 55.2 Å². The number of benzene rings is 1. The molecule has 5 heteroatoms. The van der Waals surface area contributed by atoms with Crippen molar-refractivity contribution in [3.8, 4) is 0 Å². The van der Waals surface area contributed by atoms with Crippen LogP contribution in [-0.2, 0) is 11.3 Å². The predicted octanol–water partition coefficient (Wildman–Crippen LogP) is 2.73. The first kappa shape index (κ1) is 16.5. The normalized spacial score (nSPS) is 16.4.